The molecular weight excluding hydrogens is 346 g/mol. The molecule has 0 bridgehead atoms. The number of carbonyl (C=O) groups is 1. The van der Waals surface area contributed by atoms with Crippen molar-refractivity contribution >= 4 is 47.4 Å². The van der Waals surface area contributed by atoms with E-state index >= 15 is 0 Å². The molecule has 0 radical (unpaired) electrons. The Morgan fingerprint density at radius 2 is 2.11 bits per heavy atom. The Bertz CT molecular complexity index is 573. The highest BCUT2D eigenvalue weighted by Gasteiger charge is 2.17. The van der Waals surface area contributed by atoms with Crippen LogP contribution in [0.1, 0.15) is 12.5 Å². The molecule has 1 aromatic rings. The molecule has 1 aromatic carbocycles. The van der Waals surface area contributed by atoms with Gasteiger partial charge in [0.05, 0.1) is 17.2 Å². The molecule has 0 atom stereocenters. The van der Waals surface area contributed by atoms with E-state index in [4.69, 9.17) is 15.4 Å². The number of hydrogen-bond acceptors (Lipinski definition) is 4. The maximum Gasteiger partial charge on any atom is 0.411 e. The quantitative estimate of drug-likeness (QED) is 0.844. The summed E-state index contributed by atoms with van der Waals surface area (Å²) in [5, 5.41) is 2.48. The lowest BCUT2D eigenvalue weighted by molar-refractivity contribution is 0.168. The van der Waals surface area contributed by atoms with Gasteiger partial charge in [-0.3, -0.25) is 5.32 Å². The van der Waals surface area contributed by atoms with Crippen LogP contribution < -0.4 is 5.32 Å². The standard InChI is InChI=1S/C10H11BrClNO4S/c1-3-17-10(14)13-8-4-6(2)9(5-7(8)11)18(12,15)16/h4-5H,3H2,1-2H3,(H,13,14). The molecule has 1 N–H and O–H groups in total. The number of amides is 1. The second-order valence-electron chi connectivity index (χ2n) is 3.38. The molecule has 0 aliphatic heterocycles. The van der Waals surface area contributed by atoms with Gasteiger partial charge in [0.2, 0.25) is 0 Å². The lowest BCUT2D eigenvalue weighted by atomic mass is 10.2. The minimum absolute atomic E-state index is 0.00884. The van der Waals surface area contributed by atoms with Gasteiger partial charge < -0.3 is 4.74 Å². The number of anilines is 1. The fourth-order valence-electron chi connectivity index (χ4n) is 1.30. The summed E-state index contributed by atoms with van der Waals surface area (Å²) in [6, 6.07) is 2.83. The van der Waals surface area contributed by atoms with Crippen molar-refractivity contribution < 1.29 is 17.9 Å². The third-order valence-electron chi connectivity index (χ3n) is 2.04. The number of nitrogens with one attached hydrogen (secondary N) is 1. The van der Waals surface area contributed by atoms with E-state index in [-0.39, 0.29) is 11.5 Å². The van der Waals surface area contributed by atoms with Crippen LogP contribution in [-0.4, -0.2) is 21.1 Å². The van der Waals surface area contributed by atoms with Crippen molar-refractivity contribution in [1.82, 2.24) is 0 Å². The largest absolute Gasteiger partial charge is 0.450 e. The third-order valence-corrected chi connectivity index (χ3v) is 4.16. The second kappa shape index (κ2) is 5.90. The van der Waals surface area contributed by atoms with Crippen molar-refractivity contribution in [2.45, 2.75) is 18.7 Å². The van der Waals surface area contributed by atoms with Crippen LogP contribution in [0.3, 0.4) is 0 Å². The van der Waals surface area contributed by atoms with Gasteiger partial charge in [-0.1, -0.05) is 0 Å². The maximum absolute atomic E-state index is 11.3. The van der Waals surface area contributed by atoms with Crippen LogP contribution in [0.2, 0.25) is 0 Å². The molecule has 5 nitrogen and oxygen atoms in total. The first-order valence-corrected chi connectivity index (χ1v) is 8.04. The number of rotatable bonds is 3. The Kier molecular flexibility index (Phi) is 5.01. The second-order valence-corrected chi connectivity index (χ2v) is 6.77. The van der Waals surface area contributed by atoms with E-state index in [1.54, 1.807) is 13.8 Å². The summed E-state index contributed by atoms with van der Waals surface area (Å²) in [7, 11) is 1.47. The first-order chi connectivity index (χ1) is 8.25. The Hall–Kier alpha value is -0.790. The lowest BCUT2D eigenvalue weighted by Gasteiger charge is -2.10. The molecule has 1 amide bonds. The number of benzene rings is 1. The highest BCUT2D eigenvalue weighted by atomic mass is 79.9. The van der Waals surface area contributed by atoms with E-state index in [9.17, 15) is 13.2 Å². The zero-order valence-electron chi connectivity index (χ0n) is 9.66. The fourth-order valence-corrected chi connectivity index (χ4v) is 3.09. The molecule has 0 aliphatic carbocycles. The molecule has 0 saturated heterocycles. The van der Waals surface area contributed by atoms with Crippen molar-refractivity contribution in [3.8, 4) is 0 Å². The predicted molar refractivity (Wildman–Crippen MR) is 72.6 cm³/mol. The maximum atomic E-state index is 11.3. The normalized spacial score (nSPS) is 11.1. The molecule has 0 heterocycles. The van der Waals surface area contributed by atoms with Gasteiger partial charge in [-0.25, -0.2) is 13.2 Å². The number of halogens is 2. The van der Waals surface area contributed by atoms with Crippen molar-refractivity contribution in [3.63, 3.8) is 0 Å². The zero-order valence-corrected chi connectivity index (χ0v) is 12.8. The molecule has 0 fully saturated rings. The van der Waals surface area contributed by atoms with Crippen LogP contribution in [0.15, 0.2) is 21.5 Å². The lowest BCUT2D eigenvalue weighted by Crippen LogP contribution is -2.14. The van der Waals surface area contributed by atoms with Crippen molar-refractivity contribution in [1.29, 1.82) is 0 Å². The summed E-state index contributed by atoms with van der Waals surface area (Å²) >= 11 is 3.16. The number of carbonyl (C=O) groups excluding carboxylic acids is 1. The van der Waals surface area contributed by atoms with Crippen LogP contribution >= 0.6 is 26.6 Å². The van der Waals surface area contributed by atoms with Crippen LogP contribution in [-0.2, 0) is 13.8 Å². The zero-order chi connectivity index (χ0) is 13.9. The third kappa shape index (κ3) is 3.86. The molecule has 0 unspecified atom stereocenters. The highest BCUT2D eigenvalue weighted by molar-refractivity contribution is 9.10. The fraction of sp³-hybridized carbons (Fsp3) is 0.300. The van der Waals surface area contributed by atoms with Gasteiger partial charge in [-0.15, -0.1) is 0 Å². The van der Waals surface area contributed by atoms with E-state index in [0.717, 1.165) is 0 Å². The van der Waals surface area contributed by atoms with Crippen LogP contribution in [0.5, 0.6) is 0 Å². The summed E-state index contributed by atoms with van der Waals surface area (Å²) in [4.78, 5) is 11.3. The van der Waals surface area contributed by atoms with Gasteiger partial charge >= 0.3 is 6.09 Å². The molecule has 0 aliphatic rings. The van der Waals surface area contributed by atoms with E-state index < -0.39 is 15.1 Å². The number of aryl methyl sites for hydroxylation is 1. The Labute approximate surface area is 118 Å². The van der Waals surface area contributed by atoms with E-state index in [0.29, 0.717) is 15.7 Å². The minimum atomic E-state index is -3.81. The molecule has 18 heavy (non-hydrogen) atoms. The molecule has 1 rings (SSSR count). The van der Waals surface area contributed by atoms with Crippen LogP contribution in [0.25, 0.3) is 0 Å². The topological polar surface area (TPSA) is 72.5 Å². The Morgan fingerprint density at radius 3 is 2.61 bits per heavy atom. The molecule has 0 aromatic heterocycles. The van der Waals surface area contributed by atoms with Crippen LogP contribution in [0, 0.1) is 6.92 Å². The number of ether oxygens (including phenoxy) is 1. The van der Waals surface area contributed by atoms with Gasteiger partial charge in [-0.05, 0) is 47.5 Å². The van der Waals surface area contributed by atoms with E-state index in [2.05, 4.69) is 21.2 Å². The van der Waals surface area contributed by atoms with Gasteiger partial charge in [0, 0.05) is 15.2 Å². The highest BCUT2D eigenvalue weighted by Crippen LogP contribution is 2.30. The molecule has 0 spiro atoms. The van der Waals surface area contributed by atoms with Gasteiger partial charge in [-0.2, -0.15) is 0 Å². The summed E-state index contributed by atoms with van der Waals surface area (Å²) in [5.74, 6) is 0. The first kappa shape index (κ1) is 15.3. The molecule has 100 valence electrons. The van der Waals surface area contributed by atoms with Gasteiger partial charge in [0.25, 0.3) is 9.05 Å². The predicted octanol–water partition coefficient (Wildman–Crippen LogP) is 3.25. The van der Waals surface area contributed by atoms with E-state index in [1.807, 2.05) is 0 Å². The summed E-state index contributed by atoms with van der Waals surface area (Å²) in [6.07, 6.45) is -0.612. The summed E-state index contributed by atoms with van der Waals surface area (Å²) in [6.45, 7) is 3.51. The number of hydrogen-bond donors (Lipinski definition) is 1. The monoisotopic (exact) mass is 355 g/mol. The van der Waals surface area contributed by atoms with Gasteiger partial charge in [0.1, 0.15) is 0 Å². The summed E-state index contributed by atoms with van der Waals surface area (Å²) in [5.41, 5.74) is 0.843. The van der Waals surface area contributed by atoms with Crippen molar-refractivity contribution in [2.24, 2.45) is 0 Å². The van der Waals surface area contributed by atoms with Crippen molar-refractivity contribution in [2.75, 3.05) is 11.9 Å². The average Bonchev–Trinajstić information content (AvgIpc) is 2.21. The van der Waals surface area contributed by atoms with Crippen LogP contribution in [0.4, 0.5) is 10.5 Å². The first-order valence-electron chi connectivity index (χ1n) is 4.94. The molecule has 8 heteroatoms. The van der Waals surface area contributed by atoms with Gasteiger partial charge in [0.15, 0.2) is 0 Å². The average molecular weight is 357 g/mol. The molecule has 0 saturated carbocycles. The Balaban J connectivity index is 3.12. The minimum Gasteiger partial charge on any atom is -0.450 e. The van der Waals surface area contributed by atoms with Crippen molar-refractivity contribution in [3.05, 3.63) is 22.2 Å². The summed E-state index contributed by atoms with van der Waals surface area (Å²) < 4.78 is 27.7. The van der Waals surface area contributed by atoms with E-state index in [1.165, 1.54) is 12.1 Å². The SMILES string of the molecule is CCOC(=O)Nc1cc(C)c(S(=O)(=O)Cl)cc1Br. The smallest absolute Gasteiger partial charge is 0.411 e. The Morgan fingerprint density at radius 1 is 1.50 bits per heavy atom. The molecular formula is C10H11BrClNO4S.